The predicted molar refractivity (Wildman–Crippen MR) is 46.2 cm³/mol. The van der Waals surface area contributed by atoms with E-state index in [4.69, 9.17) is 0 Å². The highest BCUT2D eigenvalue weighted by Gasteiger charge is 1.82. The summed E-state index contributed by atoms with van der Waals surface area (Å²) in [6.45, 7) is 0. The lowest BCUT2D eigenvalue weighted by molar-refractivity contribution is 2.08. The maximum absolute atomic E-state index is 3.42. The molecule has 0 fully saturated rings. The first-order chi connectivity index (χ1) is 3.39. The molecule has 0 bridgehead atoms. The minimum absolute atomic E-state index is 0.218. The summed E-state index contributed by atoms with van der Waals surface area (Å²) in [6.07, 6.45) is 6.25. The normalized spacial score (nSPS) is 18.1. The van der Waals surface area contributed by atoms with Gasteiger partial charge in [-0.1, -0.05) is 32.9 Å². The molecule has 0 aliphatic carbocycles. The van der Waals surface area contributed by atoms with Crippen LogP contribution >= 0.6 is 36.7 Å². The average Bonchev–Trinajstić information content (AvgIpc) is 1.69. The van der Waals surface area contributed by atoms with Crippen LogP contribution in [0.15, 0.2) is 22.3 Å². The van der Waals surface area contributed by atoms with E-state index in [1.807, 2.05) is 6.08 Å². The molecule has 0 nitrogen and oxygen atoms in total. The van der Waals surface area contributed by atoms with Gasteiger partial charge in [-0.15, -0.1) is 0 Å². The van der Waals surface area contributed by atoms with Crippen LogP contribution in [-0.2, 0) is 0 Å². The Bertz CT molecular complexity index is 144. The average molecular weight is 271 g/mol. The zero-order valence-corrected chi connectivity index (χ0v) is 7.31. The molecule has 0 aromatic heterocycles. The molecule has 0 aromatic carbocycles. The minimum atomic E-state index is 0.218. The summed E-state index contributed by atoms with van der Waals surface area (Å²) in [4.78, 5) is 0. The molecule has 1 rings (SSSR count). The maximum atomic E-state index is 3.42. The number of hydrogen-bond donors (Lipinski definition) is 0. The van der Waals surface area contributed by atoms with Gasteiger partial charge in [-0.25, -0.2) is 0 Å². The molecule has 1 aliphatic heterocycles. The summed E-state index contributed by atoms with van der Waals surface area (Å²) in [6, 6.07) is 0. The van der Waals surface area contributed by atoms with Gasteiger partial charge in [-0.2, -0.15) is 0 Å². The molecule has 0 radical (unpaired) electrons. The third kappa shape index (κ3) is 1.86. The Morgan fingerprint density at radius 2 is 2.29 bits per heavy atom. The SMILES string of the molecule is BrC1=IC=CC=C1. The predicted octanol–water partition coefficient (Wildman–Crippen LogP) is 2.57. The molecule has 1 aliphatic rings. The van der Waals surface area contributed by atoms with Gasteiger partial charge in [0.1, 0.15) is 0 Å². The molecule has 0 atom stereocenters. The van der Waals surface area contributed by atoms with Gasteiger partial charge < -0.3 is 0 Å². The van der Waals surface area contributed by atoms with Crippen LogP contribution in [0.5, 0.6) is 0 Å². The molecule has 38 valence electrons. The molecule has 0 saturated heterocycles. The second-order valence-electron chi connectivity index (χ2n) is 1.08. The fraction of sp³-hybridized carbons (Fsp3) is 0. The zero-order valence-electron chi connectivity index (χ0n) is 3.57. The zero-order chi connectivity index (χ0) is 5.11. The molecule has 7 heavy (non-hydrogen) atoms. The summed E-state index contributed by atoms with van der Waals surface area (Å²) in [7, 11) is 0. The fourth-order valence-electron chi connectivity index (χ4n) is 0.303. The Balaban J connectivity index is 2.82. The van der Waals surface area contributed by atoms with Crippen molar-refractivity contribution in [1.29, 1.82) is 0 Å². The van der Waals surface area contributed by atoms with E-state index in [1.165, 1.54) is 2.42 Å². The van der Waals surface area contributed by atoms with E-state index in [0.29, 0.717) is 0 Å². The van der Waals surface area contributed by atoms with E-state index in [0.717, 1.165) is 0 Å². The first-order valence-electron chi connectivity index (χ1n) is 1.88. The maximum Gasteiger partial charge on any atom is 0.0506 e. The molecule has 0 spiro atoms. The summed E-state index contributed by atoms with van der Waals surface area (Å²) in [5.74, 6) is 0. The minimum Gasteiger partial charge on any atom is -0.0779 e. The topological polar surface area (TPSA) is 0 Å². The molecular formula is C5H4BrI. The Kier molecular flexibility index (Phi) is 2.25. The van der Waals surface area contributed by atoms with Crippen molar-refractivity contribution in [2.45, 2.75) is 0 Å². The van der Waals surface area contributed by atoms with Crippen LogP contribution in [0.2, 0.25) is 0 Å². The molecular weight excluding hydrogens is 267 g/mol. The first-order valence-corrected chi connectivity index (χ1v) is 5.00. The van der Waals surface area contributed by atoms with Crippen LogP contribution < -0.4 is 0 Å². The highest BCUT2D eigenvalue weighted by atomic mass is 127. The summed E-state index contributed by atoms with van der Waals surface area (Å²) >= 11 is 3.63. The van der Waals surface area contributed by atoms with Crippen molar-refractivity contribution < 1.29 is 0 Å². The molecule has 0 unspecified atom stereocenters. The molecule has 0 aromatic rings. The van der Waals surface area contributed by atoms with Gasteiger partial charge in [0.25, 0.3) is 0 Å². The Morgan fingerprint density at radius 1 is 1.43 bits per heavy atom. The summed E-state index contributed by atoms with van der Waals surface area (Å²) < 4.78 is 3.59. The molecule has 0 saturated carbocycles. The van der Waals surface area contributed by atoms with Crippen LogP contribution in [0, 0.1) is 0 Å². The van der Waals surface area contributed by atoms with Gasteiger partial charge in [0, 0.05) is 0 Å². The highest BCUT2D eigenvalue weighted by Crippen LogP contribution is 2.12. The van der Waals surface area contributed by atoms with E-state index in [9.17, 15) is 0 Å². The van der Waals surface area contributed by atoms with E-state index < -0.39 is 0 Å². The van der Waals surface area contributed by atoms with Crippen LogP contribution in [0.4, 0.5) is 0 Å². The largest absolute Gasteiger partial charge is 0.0779 e. The van der Waals surface area contributed by atoms with Crippen LogP contribution in [-0.4, -0.2) is 2.42 Å². The third-order valence-corrected chi connectivity index (χ3v) is 3.73. The van der Waals surface area contributed by atoms with E-state index in [1.54, 1.807) is 0 Å². The Labute approximate surface area is 61.2 Å². The fourth-order valence-corrected chi connectivity index (χ4v) is 2.33. The quantitative estimate of drug-likeness (QED) is 0.594. The second-order valence-corrected chi connectivity index (χ2v) is 5.92. The lowest BCUT2D eigenvalue weighted by atomic mass is 10.5. The molecule has 0 amide bonds. The van der Waals surface area contributed by atoms with Gasteiger partial charge >= 0.3 is 0 Å². The lowest BCUT2D eigenvalue weighted by Gasteiger charge is -1.86. The summed E-state index contributed by atoms with van der Waals surface area (Å²) in [5, 5.41) is 0. The number of rotatable bonds is 0. The molecule has 0 N–H and O–H groups in total. The lowest BCUT2D eigenvalue weighted by Crippen LogP contribution is -1.70. The van der Waals surface area contributed by atoms with Gasteiger partial charge in [0.2, 0.25) is 0 Å². The Morgan fingerprint density at radius 3 is 2.57 bits per heavy atom. The van der Waals surface area contributed by atoms with Gasteiger partial charge in [-0.05, 0) is 26.1 Å². The molecule has 1 heterocycles. The van der Waals surface area contributed by atoms with Crippen LogP contribution in [0.3, 0.4) is 0 Å². The van der Waals surface area contributed by atoms with Crippen molar-refractivity contribution >= 4 is 39.1 Å². The van der Waals surface area contributed by atoms with Crippen molar-refractivity contribution in [3.8, 4) is 0 Å². The van der Waals surface area contributed by atoms with Gasteiger partial charge in [-0.3, -0.25) is 0 Å². The van der Waals surface area contributed by atoms with Crippen molar-refractivity contribution in [2.24, 2.45) is 0 Å². The Hall–Kier alpha value is 0.560. The number of allylic oxidation sites excluding steroid dienone is 3. The van der Waals surface area contributed by atoms with Crippen molar-refractivity contribution in [3.63, 3.8) is 0 Å². The third-order valence-electron chi connectivity index (χ3n) is 0.573. The smallest absolute Gasteiger partial charge is 0.0506 e. The second kappa shape index (κ2) is 2.77. The monoisotopic (exact) mass is 270 g/mol. The van der Waals surface area contributed by atoms with Crippen LogP contribution in [0.25, 0.3) is 0 Å². The van der Waals surface area contributed by atoms with E-state index in [-0.39, 0.29) is 20.7 Å². The van der Waals surface area contributed by atoms with Crippen molar-refractivity contribution in [3.05, 3.63) is 22.3 Å². The van der Waals surface area contributed by atoms with E-state index in [2.05, 4.69) is 32.2 Å². The van der Waals surface area contributed by atoms with Crippen molar-refractivity contribution in [2.75, 3.05) is 0 Å². The van der Waals surface area contributed by atoms with Crippen LogP contribution in [0.1, 0.15) is 0 Å². The standard InChI is InChI=1S/C5H4BrI/c6-5-3-1-2-4-7-5/h1-4H. The summed E-state index contributed by atoms with van der Waals surface area (Å²) in [5.41, 5.74) is 0. The molecule has 2 heteroatoms. The van der Waals surface area contributed by atoms with Gasteiger partial charge in [0.15, 0.2) is 0 Å². The van der Waals surface area contributed by atoms with Crippen molar-refractivity contribution in [1.82, 2.24) is 0 Å². The number of halogens is 2. The number of hydrogen-bond acceptors (Lipinski definition) is 0. The first kappa shape index (κ1) is 5.69. The van der Waals surface area contributed by atoms with E-state index >= 15 is 0 Å². The van der Waals surface area contributed by atoms with Gasteiger partial charge in [0.05, 0.1) is 2.42 Å². The highest BCUT2D eigenvalue weighted by molar-refractivity contribution is 14.2.